The summed E-state index contributed by atoms with van der Waals surface area (Å²) < 4.78 is 0. The fraction of sp³-hybridized carbons (Fsp3) is 1.00. The van der Waals surface area contributed by atoms with Crippen molar-refractivity contribution in [3.05, 3.63) is 0 Å². The predicted octanol–water partition coefficient (Wildman–Crippen LogP) is 3.16. The van der Waals surface area contributed by atoms with Crippen molar-refractivity contribution in [2.45, 2.75) is 37.5 Å². The Hall–Kier alpha value is 0.860. The van der Waals surface area contributed by atoms with E-state index < -0.39 is 0 Å². The van der Waals surface area contributed by atoms with Gasteiger partial charge in [0.05, 0.1) is 0 Å². The fourth-order valence-electron chi connectivity index (χ4n) is 2.16. The van der Waals surface area contributed by atoms with E-state index in [0.717, 1.165) is 25.8 Å². The maximum absolute atomic E-state index is 2.45. The zero-order chi connectivity index (χ0) is 8.27. The molecule has 1 rings (SSSR count). The molecule has 5 atom stereocenters. The molecule has 66 valence electrons. The van der Waals surface area contributed by atoms with Gasteiger partial charge in [-0.1, -0.05) is 13.3 Å². The highest BCUT2D eigenvalue weighted by Gasteiger charge is 2.29. The summed E-state index contributed by atoms with van der Waals surface area (Å²) in [5, 5.41) is 0. The van der Waals surface area contributed by atoms with Gasteiger partial charge in [-0.05, 0) is 43.4 Å². The lowest BCUT2D eigenvalue weighted by Crippen LogP contribution is -2.18. The van der Waals surface area contributed by atoms with E-state index >= 15 is 0 Å². The van der Waals surface area contributed by atoms with Gasteiger partial charge in [0.1, 0.15) is 0 Å². The molecule has 1 aliphatic rings. The average Bonchev–Trinajstić information content (AvgIpc) is 2.50. The van der Waals surface area contributed by atoms with Crippen molar-refractivity contribution < 1.29 is 0 Å². The molecule has 1 saturated carbocycles. The van der Waals surface area contributed by atoms with Crippen LogP contribution >= 0.6 is 17.2 Å². The molecular weight excluding hydrogens is 170 g/mol. The molecule has 0 aromatic carbocycles. The van der Waals surface area contributed by atoms with Crippen LogP contribution in [0.15, 0.2) is 0 Å². The van der Waals surface area contributed by atoms with Gasteiger partial charge in [0.25, 0.3) is 0 Å². The first-order valence-corrected chi connectivity index (χ1v) is 7.79. The summed E-state index contributed by atoms with van der Waals surface area (Å²) >= 11 is 0. The van der Waals surface area contributed by atoms with Crippen molar-refractivity contribution in [3.63, 3.8) is 0 Å². The number of hydrogen-bond acceptors (Lipinski definition) is 0. The van der Waals surface area contributed by atoms with Crippen molar-refractivity contribution >= 4 is 17.2 Å². The van der Waals surface area contributed by atoms with E-state index in [1.54, 1.807) is 0 Å². The van der Waals surface area contributed by atoms with E-state index in [1.807, 2.05) is 0 Å². The van der Waals surface area contributed by atoms with Gasteiger partial charge in [0.15, 0.2) is 0 Å². The molecule has 5 unspecified atom stereocenters. The maximum Gasteiger partial charge on any atom is -0.0205 e. The van der Waals surface area contributed by atoms with Crippen LogP contribution in [0.3, 0.4) is 0 Å². The van der Waals surface area contributed by atoms with Gasteiger partial charge >= 0.3 is 0 Å². The quantitative estimate of drug-likeness (QED) is 0.599. The van der Waals surface area contributed by atoms with Crippen LogP contribution in [0.1, 0.15) is 26.2 Å². The third kappa shape index (κ3) is 2.40. The highest BCUT2D eigenvalue weighted by molar-refractivity contribution is 7.39. The number of hydrogen-bond donors (Lipinski definition) is 0. The van der Waals surface area contributed by atoms with E-state index in [0.29, 0.717) is 0 Å². The van der Waals surface area contributed by atoms with Gasteiger partial charge in [-0.2, -0.15) is 0 Å². The summed E-state index contributed by atoms with van der Waals surface area (Å²) in [6.07, 6.45) is 4.55. The van der Waals surface area contributed by atoms with Gasteiger partial charge in [0, 0.05) is 0 Å². The lowest BCUT2D eigenvalue weighted by Gasteiger charge is -2.23. The smallest absolute Gasteiger partial charge is 0.0205 e. The normalized spacial score (nSPS) is 36.3. The van der Waals surface area contributed by atoms with Gasteiger partial charge in [-0.15, -0.1) is 17.2 Å². The monoisotopic (exact) mass is 190 g/mol. The molecule has 0 bridgehead atoms. The fourth-order valence-corrected chi connectivity index (χ4v) is 4.56. The van der Waals surface area contributed by atoms with E-state index in [4.69, 9.17) is 0 Å². The van der Waals surface area contributed by atoms with E-state index in [1.165, 1.54) is 27.8 Å². The summed E-state index contributed by atoms with van der Waals surface area (Å²) in [6, 6.07) is 0. The molecule has 0 aromatic rings. The Labute approximate surface area is 74.5 Å². The Morgan fingerprint density at radius 3 is 2.55 bits per heavy atom. The summed E-state index contributed by atoms with van der Waals surface area (Å²) in [6.45, 7) is 7.19. The molecule has 0 heterocycles. The Bertz CT molecular complexity index is 114. The molecule has 2 heteroatoms. The highest BCUT2D eigenvalue weighted by atomic mass is 31.1. The summed E-state index contributed by atoms with van der Waals surface area (Å²) in [5.41, 5.74) is 2.10. The van der Waals surface area contributed by atoms with Crippen LogP contribution in [0.2, 0.25) is 0 Å². The molecule has 11 heavy (non-hydrogen) atoms. The van der Waals surface area contributed by atoms with Crippen molar-refractivity contribution in [2.75, 3.05) is 13.3 Å². The molecule has 0 aliphatic heterocycles. The van der Waals surface area contributed by atoms with E-state index in [-0.39, 0.29) is 0 Å². The van der Waals surface area contributed by atoms with Crippen LogP contribution < -0.4 is 0 Å². The third-order valence-corrected chi connectivity index (χ3v) is 5.84. The van der Waals surface area contributed by atoms with Gasteiger partial charge in [-0.3, -0.25) is 0 Å². The topological polar surface area (TPSA) is 0 Å². The second kappa shape index (κ2) is 4.78. The summed E-state index contributed by atoms with van der Waals surface area (Å²) in [4.78, 5) is 0. The third-order valence-electron chi connectivity index (χ3n) is 3.04. The largest absolute Gasteiger partial charge is 0.122 e. The molecule has 0 radical (unpaired) electrons. The minimum atomic E-state index is 1.01. The lowest BCUT2D eigenvalue weighted by atomic mass is 10.0. The predicted molar refractivity (Wildman–Crippen MR) is 59.1 cm³/mol. The van der Waals surface area contributed by atoms with Gasteiger partial charge in [0.2, 0.25) is 0 Å². The summed E-state index contributed by atoms with van der Waals surface area (Å²) in [5.74, 6) is 1.08. The zero-order valence-corrected chi connectivity index (χ0v) is 9.85. The maximum atomic E-state index is 2.45. The molecule has 0 spiro atoms. The van der Waals surface area contributed by atoms with Gasteiger partial charge in [-0.25, -0.2) is 0 Å². The summed E-state index contributed by atoms with van der Waals surface area (Å²) in [7, 11) is 2.35. The SMILES string of the molecule is CPC(C)C1CCCC1PC. The second-order valence-electron chi connectivity index (χ2n) is 3.57. The van der Waals surface area contributed by atoms with E-state index in [9.17, 15) is 0 Å². The average molecular weight is 190 g/mol. The number of rotatable bonds is 3. The molecule has 1 fully saturated rings. The molecular formula is C9H20P2. The van der Waals surface area contributed by atoms with Crippen LogP contribution in [0.4, 0.5) is 0 Å². The Morgan fingerprint density at radius 1 is 1.27 bits per heavy atom. The second-order valence-corrected chi connectivity index (χ2v) is 6.37. The van der Waals surface area contributed by atoms with Crippen LogP contribution in [-0.2, 0) is 0 Å². The Kier molecular flexibility index (Phi) is 4.32. The van der Waals surface area contributed by atoms with Crippen molar-refractivity contribution in [2.24, 2.45) is 5.92 Å². The van der Waals surface area contributed by atoms with Crippen LogP contribution in [0.5, 0.6) is 0 Å². The molecule has 0 amide bonds. The molecule has 0 nitrogen and oxygen atoms in total. The standard InChI is InChI=1S/C9H20P2/c1-7(10-2)8-5-4-6-9(8)11-3/h7-11H,4-6H2,1-3H3. The highest BCUT2D eigenvalue weighted by Crippen LogP contribution is 2.42. The van der Waals surface area contributed by atoms with Crippen molar-refractivity contribution in [3.8, 4) is 0 Å². The lowest BCUT2D eigenvalue weighted by molar-refractivity contribution is 0.551. The first kappa shape index (κ1) is 9.94. The minimum Gasteiger partial charge on any atom is -0.122 e. The Morgan fingerprint density at radius 2 is 2.00 bits per heavy atom. The van der Waals surface area contributed by atoms with Crippen LogP contribution in [0, 0.1) is 5.92 Å². The molecule has 0 N–H and O–H groups in total. The Balaban J connectivity index is 2.42. The first-order chi connectivity index (χ1) is 5.29. The molecule has 1 aliphatic carbocycles. The zero-order valence-electron chi connectivity index (χ0n) is 7.85. The van der Waals surface area contributed by atoms with Crippen molar-refractivity contribution in [1.29, 1.82) is 0 Å². The van der Waals surface area contributed by atoms with Crippen LogP contribution in [-0.4, -0.2) is 24.6 Å². The molecule has 0 aromatic heterocycles. The van der Waals surface area contributed by atoms with E-state index in [2.05, 4.69) is 20.3 Å². The van der Waals surface area contributed by atoms with Crippen LogP contribution in [0.25, 0.3) is 0 Å². The van der Waals surface area contributed by atoms with Gasteiger partial charge < -0.3 is 0 Å². The van der Waals surface area contributed by atoms with Crippen molar-refractivity contribution in [1.82, 2.24) is 0 Å². The first-order valence-electron chi connectivity index (χ1n) is 4.64. The molecule has 0 saturated heterocycles. The minimum absolute atomic E-state index is 1.01.